The van der Waals surface area contributed by atoms with E-state index in [1.165, 1.54) is 95.7 Å². The van der Waals surface area contributed by atoms with Gasteiger partial charge in [-0.05, 0) is 38.9 Å². The molecule has 1 atom stereocenters. The van der Waals surface area contributed by atoms with Gasteiger partial charge in [-0.1, -0.05) is 58.3 Å². The molecule has 0 saturated carbocycles. The molecule has 1 aromatic rings. The van der Waals surface area contributed by atoms with Gasteiger partial charge in [0.15, 0.2) is 12.4 Å². The molecule has 0 amide bonds. The van der Waals surface area contributed by atoms with E-state index in [2.05, 4.69) is 48.0 Å². The molecule has 0 aromatic carbocycles. The van der Waals surface area contributed by atoms with Crippen LogP contribution in [0.3, 0.4) is 0 Å². The minimum absolute atomic E-state index is 0.644. The Morgan fingerprint density at radius 3 is 2.29 bits per heavy atom. The van der Waals surface area contributed by atoms with Gasteiger partial charge >= 0.3 is 0 Å². The Labute approximate surface area is 150 Å². The molecule has 1 aromatic heterocycles. The lowest BCUT2D eigenvalue weighted by Gasteiger charge is -2.18. The highest BCUT2D eigenvalue weighted by molar-refractivity contribution is 5.12. The molecule has 2 heteroatoms. The minimum Gasteiger partial charge on any atom is -0.299 e. The maximum Gasteiger partial charge on any atom is 0.173 e. The molecule has 0 aliphatic carbocycles. The monoisotopic (exact) mass is 331 g/mol. The van der Waals surface area contributed by atoms with Gasteiger partial charge in [0.2, 0.25) is 0 Å². The molecule has 2 heterocycles. The van der Waals surface area contributed by atoms with E-state index >= 15 is 0 Å². The average molecular weight is 332 g/mol. The van der Waals surface area contributed by atoms with Crippen molar-refractivity contribution in [2.24, 2.45) is 0 Å². The predicted octanol–water partition coefficient (Wildman–Crippen LogP) is 5.66. The molecule has 0 spiro atoms. The fraction of sp³-hybridized carbons (Fsp3) is 0.773. The molecule has 0 bridgehead atoms. The van der Waals surface area contributed by atoms with Gasteiger partial charge in [0.05, 0.1) is 0 Å². The Morgan fingerprint density at radius 1 is 1.00 bits per heavy atom. The standard InChI is InChI=1S/C22H39N2/c1-3-4-5-6-7-8-9-10-11-12-18-24-19-13-15-21(20-24)22-16-14-17-23(22)2/h13,15,19-20,22H,3-12,14,16-18H2,1-2H3/q+1/t22-/m1/s1. The number of unbranched alkanes of at least 4 members (excludes halogenated alkanes) is 9. The lowest BCUT2D eigenvalue weighted by molar-refractivity contribution is -0.697. The van der Waals surface area contributed by atoms with Gasteiger partial charge in [0, 0.05) is 24.1 Å². The number of aryl methyl sites for hydroxylation is 1. The van der Waals surface area contributed by atoms with E-state index in [1.54, 1.807) is 0 Å². The van der Waals surface area contributed by atoms with Gasteiger partial charge in [0.25, 0.3) is 0 Å². The van der Waals surface area contributed by atoms with Crippen molar-refractivity contribution in [3.63, 3.8) is 0 Å². The minimum atomic E-state index is 0.644. The highest BCUT2D eigenvalue weighted by Gasteiger charge is 2.24. The van der Waals surface area contributed by atoms with Crippen LogP contribution in [0.15, 0.2) is 24.5 Å². The van der Waals surface area contributed by atoms with Crippen LogP contribution in [0.25, 0.3) is 0 Å². The maximum absolute atomic E-state index is 2.50. The van der Waals surface area contributed by atoms with Crippen LogP contribution in [-0.2, 0) is 6.54 Å². The molecule has 24 heavy (non-hydrogen) atoms. The quantitative estimate of drug-likeness (QED) is 0.354. The van der Waals surface area contributed by atoms with Crippen molar-refractivity contribution in [3.8, 4) is 0 Å². The van der Waals surface area contributed by atoms with Crippen molar-refractivity contribution in [2.75, 3.05) is 13.6 Å². The molecule has 0 unspecified atom stereocenters. The third-order valence-corrected chi connectivity index (χ3v) is 5.56. The molecule has 2 rings (SSSR count). The lowest BCUT2D eigenvalue weighted by Crippen LogP contribution is -2.34. The molecule has 2 nitrogen and oxygen atoms in total. The van der Waals surface area contributed by atoms with Crippen molar-refractivity contribution >= 4 is 0 Å². The zero-order valence-electron chi connectivity index (χ0n) is 16.2. The van der Waals surface area contributed by atoms with Crippen LogP contribution in [0.2, 0.25) is 0 Å². The molecule has 1 saturated heterocycles. The van der Waals surface area contributed by atoms with E-state index in [0.717, 1.165) is 0 Å². The first kappa shape index (κ1) is 19.4. The highest BCUT2D eigenvalue weighted by atomic mass is 15.1. The molecule has 1 fully saturated rings. The smallest absolute Gasteiger partial charge is 0.173 e. The van der Waals surface area contributed by atoms with Crippen molar-refractivity contribution in [1.29, 1.82) is 0 Å². The Morgan fingerprint density at radius 2 is 1.67 bits per heavy atom. The lowest BCUT2D eigenvalue weighted by atomic mass is 10.1. The number of nitrogens with zero attached hydrogens (tertiary/aromatic N) is 2. The Bertz CT molecular complexity index is 443. The summed E-state index contributed by atoms with van der Waals surface area (Å²) in [6, 6.07) is 5.18. The van der Waals surface area contributed by atoms with Crippen molar-refractivity contribution in [3.05, 3.63) is 30.1 Å². The Balaban J connectivity index is 1.56. The van der Waals surface area contributed by atoms with Gasteiger partial charge < -0.3 is 0 Å². The highest BCUT2D eigenvalue weighted by Crippen LogP contribution is 2.29. The molecule has 0 N–H and O–H groups in total. The van der Waals surface area contributed by atoms with Crippen molar-refractivity contribution in [1.82, 2.24) is 4.90 Å². The maximum atomic E-state index is 2.50. The van der Waals surface area contributed by atoms with E-state index in [1.807, 2.05) is 0 Å². The molecular formula is C22H39N2+. The third-order valence-electron chi connectivity index (χ3n) is 5.56. The number of pyridine rings is 1. The normalized spacial score (nSPS) is 18.3. The first-order valence-corrected chi connectivity index (χ1v) is 10.5. The zero-order chi connectivity index (χ0) is 17.0. The molecule has 1 aliphatic heterocycles. The second-order valence-electron chi connectivity index (χ2n) is 7.70. The van der Waals surface area contributed by atoms with E-state index < -0.39 is 0 Å². The fourth-order valence-electron chi connectivity index (χ4n) is 3.99. The van der Waals surface area contributed by atoms with E-state index in [0.29, 0.717) is 6.04 Å². The van der Waals surface area contributed by atoms with Crippen LogP contribution >= 0.6 is 0 Å². The number of hydrogen-bond acceptors (Lipinski definition) is 1. The summed E-state index contributed by atoms with van der Waals surface area (Å²) >= 11 is 0. The number of aromatic nitrogens is 1. The molecular weight excluding hydrogens is 292 g/mol. The van der Waals surface area contributed by atoms with Gasteiger partial charge in [0.1, 0.15) is 6.54 Å². The fourth-order valence-corrected chi connectivity index (χ4v) is 3.99. The van der Waals surface area contributed by atoms with E-state index in [4.69, 9.17) is 0 Å². The number of rotatable bonds is 12. The summed E-state index contributed by atoms with van der Waals surface area (Å²) in [6.45, 7) is 4.72. The third kappa shape index (κ3) is 6.93. The second-order valence-corrected chi connectivity index (χ2v) is 7.70. The summed E-state index contributed by atoms with van der Waals surface area (Å²) in [6.07, 6.45) is 21.4. The largest absolute Gasteiger partial charge is 0.299 e. The summed E-state index contributed by atoms with van der Waals surface area (Å²) in [5, 5.41) is 0. The van der Waals surface area contributed by atoms with Crippen LogP contribution in [0, 0.1) is 0 Å². The second kappa shape index (κ2) is 11.6. The Hall–Kier alpha value is -0.890. The average Bonchev–Trinajstić information content (AvgIpc) is 3.03. The van der Waals surface area contributed by atoms with Crippen LogP contribution in [-0.4, -0.2) is 18.5 Å². The van der Waals surface area contributed by atoms with Crippen molar-refractivity contribution < 1.29 is 4.57 Å². The van der Waals surface area contributed by atoms with Crippen LogP contribution < -0.4 is 4.57 Å². The van der Waals surface area contributed by atoms with Gasteiger partial charge in [-0.3, -0.25) is 4.90 Å². The topological polar surface area (TPSA) is 7.12 Å². The van der Waals surface area contributed by atoms with Gasteiger partial charge in [-0.25, -0.2) is 4.57 Å². The number of hydrogen-bond donors (Lipinski definition) is 0. The SMILES string of the molecule is CCCCCCCCCCCC[n+]1cccc([C@H]2CCCN2C)c1. The van der Waals surface area contributed by atoms with Gasteiger partial charge in [-0.15, -0.1) is 0 Å². The molecule has 136 valence electrons. The Kier molecular flexibility index (Phi) is 9.42. The first-order chi connectivity index (χ1) is 11.8. The predicted molar refractivity (Wildman–Crippen MR) is 103 cm³/mol. The summed E-state index contributed by atoms with van der Waals surface area (Å²) in [5.74, 6) is 0. The van der Waals surface area contributed by atoms with Crippen LogP contribution in [0.1, 0.15) is 95.6 Å². The van der Waals surface area contributed by atoms with Crippen LogP contribution in [0.4, 0.5) is 0 Å². The molecule has 0 radical (unpaired) electrons. The van der Waals surface area contributed by atoms with E-state index in [9.17, 15) is 0 Å². The van der Waals surface area contributed by atoms with Gasteiger partial charge in [-0.2, -0.15) is 0 Å². The summed E-state index contributed by atoms with van der Waals surface area (Å²) < 4.78 is 2.41. The van der Waals surface area contributed by atoms with Crippen LogP contribution in [0.5, 0.6) is 0 Å². The molecule has 1 aliphatic rings. The van der Waals surface area contributed by atoms with E-state index in [-0.39, 0.29) is 0 Å². The zero-order valence-corrected chi connectivity index (χ0v) is 16.2. The number of likely N-dealkylation sites (tertiary alicyclic amines) is 1. The first-order valence-electron chi connectivity index (χ1n) is 10.5. The summed E-state index contributed by atoms with van der Waals surface area (Å²) in [7, 11) is 2.26. The summed E-state index contributed by atoms with van der Waals surface area (Å²) in [5.41, 5.74) is 1.50. The summed E-state index contributed by atoms with van der Waals surface area (Å²) in [4.78, 5) is 2.50. The van der Waals surface area contributed by atoms with Crippen molar-refractivity contribution in [2.45, 2.75) is 96.6 Å².